The fraction of sp³-hybridized carbons (Fsp3) is 0.609. The Labute approximate surface area is 179 Å². The number of anilines is 2. The Bertz CT molecular complexity index is 757. The zero-order valence-electron chi connectivity index (χ0n) is 18.2. The molecule has 1 aromatic rings. The van der Waals surface area contributed by atoms with Crippen LogP contribution in [0.5, 0.6) is 0 Å². The number of nitrogens with one attached hydrogen (secondary N) is 2. The summed E-state index contributed by atoms with van der Waals surface area (Å²) in [6, 6.07) is 7.21. The van der Waals surface area contributed by atoms with Gasteiger partial charge >= 0.3 is 0 Å². The van der Waals surface area contributed by atoms with E-state index in [-0.39, 0.29) is 37.1 Å². The maximum absolute atomic E-state index is 12.6. The standard InChI is InChI=1S/C23H34N4O3/c1-17-13-18(2)15-26(14-17)12-6-5-11-24-21(28)9-10-23(30)27-16-22(29)25-19-7-3-4-8-20(19)27/h3-4,7-8,17-18H,5-6,9-16H2,1-2H3,(H,24,28)(H,25,29). The maximum atomic E-state index is 12.6. The first-order chi connectivity index (χ1) is 14.4. The molecule has 7 heteroatoms. The van der Waals surface area contributed by atoms with Gasteiger partial charge in [-0.05, 0) is 49.8 Å². The van der Waals surface area contributed by atoms with Crippen molar-refractivity contribution in [2.75, 3.05) is 42.9 Å². The third kappa shape index (κ3) is 6.29. The zero-order valence-corrected chi connectivity index (χ0v) is 18.2. The molecule has 2 aliphatic rings. The molecule has 0 spiro atoms. The van der Waals surface area contributed by atoms with Crippen LogP contribution in [0.15, 0.2) is 24.3 Å². The van der Waals surface area contributed by atoms with E-state index >= 15 is 0 Å². The average Bonchev–Trinajstić information content (AvgIpc) is 2.70. The minimum atomic E-state index is -0.219. The van der Waals surface area contributed by atoms with E-state index in [1.165, 1.54) is 24.4 Å². The number of carbonyl (C=O) groups is 3. The van der Waals surface area contributed by atoms with Crippen LogP contribution in [0.2, 0.25) is 0 Å². The monoisotopic (exact) mass is 414 g/mol. The number of likely N-dealkylation sites (tertiary alicyclic amines) is 1. The number of unbranched alkanes of at least 4 members (excludes halogenated alkanes) is 1. The molecule has 2 N–H and O–H groups in total. The van der Waals surface area contributed by atoms with E-state index in [1.54, 1.807) is 12.1 Å². The second-order valence-electron chi connectivity index (χ2n) is 8.81. The fourth-order valence-corrected chi connectivity index (χ4v) is 4.56. The predicted molar refractivity (Wildman–Crippen MR) is 118 cm³/mol. The second kappa shape index (κ2) is 10.6. The van der Waals surface area contributed by atoms with Crippen LogP contribution < -0.4 is 15.5 Å². The van der Waals surface area contributed by atoms with Crippen molar-refractivity contribution in [3.05, 3.63) is 24.3 Å². The van der Waals surface area contributed by atoms with E-state index in [2.05, 4.69) is 29.4 Å². The van der Waals surface area contributed by atoms with E-state index in [0.717, 1.165) is 31.2 Å². The lowest BCUT2D eigenvalue weighted by Gasteiger charge is -2.34. The first-order valence-electron chi connectivity index (χ1n) is 11.1. The van der Waals surface area contributed by atoms with Gasteiger partial charge in [-0.3, -0.25) is 14.4 Å². The Kier molecular flexibility index (Phi) is 7.85. The molecule has 164 valence electrons. The van der Waals surface area contributed by atoms with E-state index in [4.69, 9.17) is 0 Å². The Balaban J connectivity index is 1.33. The fourth-order valence-electron chi connectivity index (χ4n) is 4.56. The molecule has 0 aromatic heterocycles. The first kappa shape index (κ1) is 22.3. The van der Waals surface area contributed by atoms with Crippen molar-refractivity contribution in [1.29, 1.82) is 0 Å². The number of piperidine rings is 1. The van der Waals surface area contributed by atoms with Crippen LogP contribution in [-0.4, -0.2) is 55.3 Å². The van der Waals surface area contributed by atoms with E-state index in [9.17, 15) is 14.4 Å². The summed E-state index contributed by atoms with van der Waals surface area (Å²) in [4.78, 5) is 40.5. The summed E-state index contributed by atoms with van der Waals surface area (Å²) in [5, 5.41) is 5.68. The van der Waals surface area contributed by atoms with Crippen molar-refractivity contribution in [3.8, 4) is 0 Å². The molecule has 30 heavy (non-hydrogen) atoms. The van der Waals surface area contributed by atoms with Crippen molar-refractivity contribution in [2.24, 2.45) is 11.8 Å². The molecular formula is C23H34N4O3. The third-order valence-electron chi connectivity index (χ3n) is 5.81. The number of benzene rings is 1. The van der Waals surface area contributed by atoms with E-state index < -0.39 is 0 Å². The van der Waals surface area contributed by atoms with Gasteiger partial charge in [0.15, 0.2) is 0 Å². The predicted octanol–water partition coefficient (Wildman–Crippen LogP) is 2.63. The minimum Gasteiger partial charge on any atom is -0.356 e. The number of carbonyl (C=O) groups excluding carboxylic acids is 3. The summed E-state index contributed by atoms with van der Waals surface area (Å²) >= 11 is 0. The van der Waals surface area contributed by atoms with Crippen molar-refractivity contribution in [2.45, 2.75) is 46.0 Å². The minimum absolute atomic E-state index is 0.00873. The van der Waals surface area contributed by atoms with Gasteiger partial charge < -0.3 is 20.4 Å². The summed E-state index contributed by atoms with van der Waals surface area (Å²) in [5.74, 6) is 0.996. The normalized spacial score (nSPS) is 21.7. The summed E-state index contributed by atoms with van der Waals surface area (Å²) in [7, 11) is 0. The zero-order chi connectivity index (χ0) is 21.5. The van der Waals surface area contributed by atoms with Gasteiger partial charge in [0, 0.05) is 32.5 Å². The van der Waals surface area contributed by atoms with Gasteiger partial charge in [-0.1, -0.05) is 26.0 Å². The van der Waals surface area contributed by atoms with Crippen LogP contribution in [0, 0.1) is 11.8 Å². The Morgan fingerprint density at radius 3 is 2.60 bits per heavy atom. The molecule has 2 atom stereocenters. The quantitative estimate of drug-likeness (QED) is 0.641. The molecule has 3 amide bonds. The number of hydrogen-bond donors (Lipinski definition) is 2. The van der Waals surface area contributed by atoms with Gasteiger partial charge in [-0.15, -0.1) is 0 Å². The van der Waals surface area contributed by atoms with Gasteiger partial charge in [0.25, 0.3) is 0 Å². The molecule has 1 aromatic carbocycles. The van der Waals surface area contributed by atoms with Crippen LogP contribution in [-0.2, 0) is 14.4 Å². The Morgan fingerprint density at radius 2 is 1.83 bits per heavy atom. The van der Waals surface area contributed by atoms with Crippen LogP contribution in [0.25, 0.3) is 0 Å². The molecule has 0 bridgehead atoms. The van der Waals surface area contributed by atoms with Crippen molar-refractivity contribution in [1.82, 2.24) is 10.2 Å². The second-order valence-corrected chi connectivity index (χ2v) is 8.81. The summed E-state index contributed by atoms with van der Waals surface area (Å²) in [6.45, 7) is 8.71. The van der Waals surface area contributed by atoms with Gasteiger partial charge in [0.2, 0.25) is 17.7 Å². The smallest absolute Gasteiger partial charge is 0.244 e. The van der Waals surface area contributed by atoms with E-state index in [1.807, 2.05) is 12.1 Å². The number of fused-ring (bicyclic) bond motifs is 1. The largest absolute Gasteiger partial charge is 0.356 e. The highest BCUT2D eigenvalue weighted by Gasteiger charge is 2.26. The van der Waals surface area contributed by atoms with Crippen LogP contribution in [0.1, 0.15) is 46.0 Å². The van der Waals surface area contributed by atoms with Gasteiger partial charge in [-0.25, -0.2) is 0 Å². The highest BCUT2D eigenvalue weighted by molar-refractivity contribution is 6.10. The molecule has 2 unspecified atom stereocenters. The molecule has 2 aliphatic heterocycles. The highest BCUT2D eigenvalue weighted by atomic mass is 16.2. The average molecular weight is 415 g/mol. The Morgan fingerprint density at radius 1 is 1.10 bits per heavy atom. The topological polar surface area (TPSA) is 81.8 Å². The molecule has 7 nitrogen and oxygen atoms in total. The molecule has 0 radical (unpaired) electrons. The molecular weight excluding hydrogens is 380 g/mol. The highest BCUT2D eigenvalue weighted by Crippen LogP contribution is 2.29. The van der Waals surface area contributed by atoms with Crippen LogP contribution in [0.3, 0.4) is 0 Å². The summed E-state index contributed by atoms with van der Waals surface area (Å²) in [5.41, 5.74) is 1.31. The summed E-state index contributed by atoms with van der Waals surface area (Å²) < 4.78 is 0. The number of rotatable bonds is 8. The SMILES string of the molecule is CC1CC(C)CN(CCCCNC(=O)CCC(=O)N2CC(=O)Nc3ccccc32)C1. The number of hydrogen-bond acceptors (Lipinski definition) is 4. The van der Waals surface area contributed by atoms with Crippen molar-refractivity contribution >= 4 is 29.1 Å². The van der Waals surface area contributed by atoms with Crippen molar-refractivity contribution < 1.29 is 14.4 Å². The van der Waals surface area contributed by atoms with Crippen molar-refractivity contribution in [3.63, 3.8) is 0 Å². The lowest BCUT2D eigenvalue weighted by Crippen LogP contribution is -2.42. The number of para-hydroxylation sites is 2. The lowest BCUT2D eigenvalue weighted by molar-refractivity contribution is -0.125. The maximum Gasteiger partial charge on any atom is 0.244 e. The molecule has 1 saturated heterocycles. The first-order valence-corrected chi connectivity index (χ1v) is 11.1. The van der Waals surface area contributed by atoms with Crippen LogP contribution >= 0.6 is 0 Å². The number of amides is 3. The molecule has 3 rings (SSSR count). The lowest BCUT2D eigenvalue weighted by atomic mass is 9.92. The number of nitrogens with zero attached hydrogens (tertiary/aromatic N) is 2. The molecule has 2 heterocycles. The molecule has 0 aliphatic carbocycles. The van der Waals surface area contributed by atoms with E-state index in [0.29, 0.717) is 17.9 Å². The Hall–Kier alpha value is -2.41. The molecule has 1 fully saturated rings. The van der Waals surface area contributed by atoms with Gasteiger partial charge in [0.05, 0.1) is 11.4 Å². The van der Waals surface area contributed by atoms with Gasteiger partial charge in [-0.2, -0.15) is 0 Å². The van der Waals surface area contributed by atoms with Gasteiger partial charge in [0.1, 0.15) is 6.54 Å². The summed E-state index contributed by atoms with van der Waals surface area (Å²) in [6.07, 6.45) is 3.56. The molecule has 0 saturated carbocycles. The third-order valence-corrected chi connectivity index (χ3v) is 5.81. The van der Waals surface area contributed by atoms with Crippen LogP contribution in [0.4, 0.5) is 11.4 Å².